The van der Waals surface area contributed by atoms with Gasteiger partial charge in [-0.05, 0) is 51.7 Å². The quantitative estimate of drug-likeness (QED) is 0.292. The summed E-state index contributed by atoms with van der Waals surface area (Å²) in [5, 5.41) is 0. The van der Waals surface area contributed by atoms with Crippen LogP contribution < -0.4 is 0 Å². The lowest BCUT2D eigenvalue weighted by Gasteiger charge is -2.17. The molecule has 3 aliphatic heterocycles. The van der Waals surface area contributed by atoms with Crippen molar-refractivity contribution in [1.82, 2.24) is 0 Å². The maximum Gasteiger partial charge on any atom is 0.334 e. The predicted molar refractivity (Wildman–Crippen MR) is 90.6 cm³/mol. The summed E-state index contributed by atoms with van der Waals surface area (Å²) < 4.78 is 16.9. The Bertz CT molecular complexity index is 703. The molecule has 5 heteroatoms. The number of carbonyl (C=O) groups is 2. The Labute approximate surface area is 147 Å². The van der Waals surface area contributed by atoms with E-state index in [4.69, 9.17) is 14.2 Å². The molecule has 2 saturated heterocycles. The Balaban J connectivity index is 1.60. The van der Waals surface area contributed by atoms with E-state index in [1.165, 1.54) is 0 Å². The summed E-state index contributed by atoms with van der Waals surface area (Å²) in [4.78, 5) is 24.0. The average Bonchev–Trinajstić information content (AvgIpc) is 2.93. The molecule has 2 unspecified atom stereocenters. The van der Waals surface area contributed by atoms with Gasteiger partial charge in [-0.2, -0.15) is 0 Å². The van der Waals surface area contributed by atoms with Crippen molar-refractivity contribution >= 4 is 11.9 Å². The molecule has 0 N–H and O–H groups in total. The van der Waals surface area contributed by atoms with E-state index in [1.54, 1.807) is 0 Å². The summed E-state index contributed by atoms with van der Waals surface area (Å²) in [6.07, 6.45) is 7.37. The topological polar surface area (TPSA) is 65.1 Å². The van der Waals surface area contributed by atoms with Crippen molar-refractivity contribution in [2.75, 3.05) is 0 Å². The first-order chi connectivity index (χ1) is 11.9. The first-order valence-corrected chi connectivity index (χ1v) is 9.02. The Hall–Kier alpha value is -1.88. The van der Waals surface area contributed by atoms with Gasteiger partial charge in [0.2, 0.25) is 0 Å². The normalized spacial score (nSPS) is 43.0. The van der Waals surface area contributed by atoms with Gasteiger partial charge in [-0.25, -0.2) is 9.59 Å². The van der Waals surface area contributed by atoms with Crippen LogP contribution in [0.25, 0.3) is 0 Å². The van der Waals surface area contributed by atoms with Crippen LogP contribution in [0.1, 0.15) is 46.0 Å². The summed E-state index contributed by atoms with van der Waals surface area (Å²) in [5.74, 6) is -0.533. The van der Waals surface area contributed by atoms with Gasteiger partial charge in [0.15, 0.2) is 0 Å². The van der Waals surface area contributed by atoms with Crippen LogP contribution in [-0.2, 0) is 23.8 Å². The highest BCUT2D eigenvalue weighted by molar-refractivity contribution is 5.91. The summed E-state index contributed by atoms with van der Waals surface area (Å²) in [5.41, 5.74) is 2.18. The number of rotatable bonds is 0. The van der Waals surface area contributed by atoms with Crippen LogP contribution in [-0.4, -0.2) is 35.9 Å². The third kappa shape index (κ3) is 3.06. The fourth-order valence-corrected chi connectivity index (χ4v) is 4.21. The number of fused-ring (bicyclic) bond motifs is 3. The van der Waals surface area contributed by atoms with Gasteiger partial charge in [-0.3, -0.25) is 0 Å². The molecule has 0 radical (unpaired) electrons. The second-order valence-electron chi connectivity index (χ2n) is 7.85. The molecule has 3 heterocycles. The maximum atomic E-state index is 12.0. The molecule has 4 aliphatic rings. The summed E-state index contributed by atoms with van der Waals surface area (Å²) in [6, 6.07) is 0. The van der Waals surface area contributed by atoms with Crippen LogP contribution in [0.2, 0.25) is 0 Å². The molecule has 0 aromatic carbocycles. The van der Waals surface area contributed by atoms with Crippen LogP contribution >= 0.6 is 0 Å². The van der Waals surface area contributed by atoms with Crippen molar-refractivity contribution in [3.63, 3.8) is 0 Å². The molecule has 134 valence electrons. The number of hydrogen-bond donors (Lipinski definition) is 0. The van der Waals surface area contributed by atoms with Crippen LogP contribution in [0.5, 0.6) is 0 Å². The first kappa shape index (κ1) is 16.6. The zero-order valence-electron chi connectivity index (χ0n) is 14.7. The largest absolute Gasteiger partial charge is 0.454 e. The molecule has 0 aromatic rings. The van der Waals surface area contributed by atoms with E-state index in [1.807, 2.05) is 19.1 Å². The molecule has 2 bridgehead atoms. The van der Waals surface area contributed by atoms with E-state index in [0.29, 0.717) is 18.4 Å². The lowest BCUT2D eigenvalue weighted by molar-refractivity contribution is -0.139. The Morgan fingerprint density at radius 3 is 2.76 bits per heavy atom. The van der Waals surface area contributed by atoms with Gasteiger partial charge in [-0.15, -0.1) is 0 Å². The van der Waals surface area contributed by atoms with Gasteiger partial charge in [0.05, 0.1) is 11.7 Å². The number of ether oxygens (including phenoxy) is 3. The molecule has 0 amide bonds. The highest BCUT2D eigenvalue weighted by Crippen LogP contribution is 2.46. The zero-order valence-corrected chi connectivity index (χ0v) is 14.7. The van der Waals surface area contributed by atoms with Crippen molar-refractivity contribution in [1.29, 1.82) is 0 Å². The third-order valence-electron chi connectivity index (χ3n) is 5.89. The van der Waals surface area contributed by atoms with Gasteiger partial charge < -0.3 is 14.2 Å². The Kier molecular flexibility index (Phi) is 3.87. The van der Waals surface area contributed by atoms with Gasteiger partial charge in [0.25, 0.3) is 0 Å². The molecule has 5 nitrogen and oxygen atoms in total. The minimum atomic E-state index is -0.309. The third-order valence-corrected chi connectivity index (χ3v) is 5.89. The van der Waals surface area contributed by atoms with Crippen LogP contribution in [0.3, 0.4) is 0 Å². The van der Waals surface area contributed by atoms with E-state index in [-0.39, 0.29) is 41.8 Å². The second kappa shape index (κ2) is 5.84. The standard InChI is InChI=1S/C20H24O5/c1-11-8-14-10-13(19(22)23-14)4-5-17-20(3,25-17)7-6-15-12(2)18(21)24-16(15)9-11/h9-10,14-17H,2,4-8H2,1,3H3/b11-9+/t14?,15-,16+,17?,20+/m1/s1. The lowest BCUT2D eigenvalue weighted by Crippen LogP contribution is -2.19. The smallest absolute Gasteiger partial charge is 0.334 e. The van der Waals surface area contributed by atoms with Crippen molar-refractivity contribution < 1.29 is 23.8 Å². The molecule has 5 atom stereocenters. The number of hydrogen-bond acceptors (Lipinski definition) is 5. The Morgan fingerprint density at radius 2 is 1.96 bits per heavy atom. The number of esters is 2. The van der Waals surface area contributed by atoms with Gasteiger partial charge in [0.1, 0.15) is 12.2 Å². The van der Waals surface area contributed by atoms with Gasteiger partial charge in [-0.1, -0.05) is 12.2 Å². The minimum absolute atomic E-state index is 0.00991. The van der Waals surface area contributed by atoms with E-state index in [9.17, 15) is 9.59 Å². The van der Waals surface area contributed by atoms with Crippen LogP contribution in [0.4, 0.5) is 0 Å². The average molecular weight is 344 g/mol. The zero-order chi connectivity index (χ0) is 17.8. The highest BCUT2D eigenvalue weighted by Gasteiger charge is 2.52. The molecule has 4 rings (SSSR count). The molecule has 25 heavy (non-hydrogen) atoms. The van der Waals surface area contributed by atoms with Crippen molar-refractivity contribution in [3.05, 3.63) is 35.5 Å². The molecule has 0 saturated carbocycles. The van der Waals surface area contributed by atoms with Gasteiger partial charge in [0, 0.05) is 23.5 Å². The fraction of sp³-hybridized carbons (Fsp3) is 0.600. The van der Waals surface area contributed by atoms with Gasteiger partial charge >= 0.3 is 11.9 Å². The predicted octanol–water partition coefficient (Wildman–Crippen LogP) is 3.00. The van der Waals surface area contributed by atoms with E-state index >= 15 is 0 Å². The number of carbonyl (C=O) groups excluding carboxylic acids is 2. The SMILES string of the molecule is C=C1C(=O)O[C@H]2/C=C(\C)CC3C=C(CCC4O[C@@]4(C)CC[C@H]12)C(=O)O3. The monoisotopic (exact) mass is 344 g/mol. The highest BCUT2D eigenvalue weighted by atomic mass is 16.6. The molecular formula is C20H24O5. The molecule has 2 fully saturated rings. The summed E-state index contributed by atoms with van der Waals surface area (Å²) in [6.45, 7) is 8.02. The minimum Gasteiger partial charge on any atom is -0.454 e. The summed E-state index contributed by atoms with van der Waals surface area (Å²) in [7, 11) is 0. The van der Waals surface area contributed by atoms with Crippen LogP contribution in [0.15, 0.2) is 35.5 Å². The van der Waals surface area contributed by atoms with E-state index < -0.39 is 0 Å². The van der Waals surface area contributed by atoms with Crippen molar-refractivity contribution in [2.45, 2.75) is 69.9 Å². The maximum absolute atomic E-state index is 12.0. The number of epoxide rings is 1. The summed E-state index contributed by atoms with van der Waals surface area (Å²) >= 11 is 0. The first-order valence-electron chi connectivity index (χ1n) is 9.02. The van der Waals surface area contributed by atoms with E-state index in [0.717, 1.165) is 30.4 Å². The molecular weight excluding hydrogens is 320 g/mol. The molecule has 0 aromatic heterocycles. The lowest BCUT2D eigenvalue weighted by atomic mass is 9.86. The van der Waals surface area contributed by atoms with Crippen LogP contribution in [0, 0.1) is 5.92 Å². The Morgan fingerprint density at radius 1 is 1.16 bits per heavy atom. The molecule has 0 spiro atoms. The fourth-order valence-electron chi connectivity index (χ4n) is 4.21. The van der Waals surface area contributed by atoms with Crippen molar-refractivity contribution in [3.8, 4) is 0 Å². The van der Waals surface area contributed by atoms with E-state index in [2.05, 4.69) is 13.5 Å². The van der Waals surface area contributed by atoms with Crippen molar-refractivity contribution in [2.24, 2.45) is 5.92 Å². The molecule has 1 aliphatic carbocycles. The second-order valence-corrected chi connectivity index (χ2v) is 7.85.